The highest BCUT2D eigenvalue weighted by Gasteiger charge is 2.22. The van der Waals surface area contributed by atoms with E-state index < -0.39 is 0 Å². The third kappa shape index (κ3) is 4.88. The van der Waals surface area contributed by atoms with Gasteiger partial charge < -0.3 is 5.32 Å². The van der Waals surface area contributed by atoms with Crippen LogP contribution in [-0.2, 0) is 11.3 Å². The first-order valence-electron chi connectivity index (χ1n) is 10.0. The molecule has 9 heteroatoms. The molecule has 0 aliphatic heterocycles. The van der Waals surface area contributed by atoms with Gasteiger partial charge in [0.25, 0.3) is 0 Å². The molecule has 0 radical (unpaired) electrons. The number of aromatic nitrogens is 5. The van der Waals surface area contributed by atoms with Crippen LogP contribution in [0.2, 0.25) is 0 Å². The van der Waals surface area contributed by atoms with E-state index >= 15 is 0 Å². The molecule has 0 spiro atoms. The lowest BCUT2D eigenvalue weighted by Crippen LogP contribution is -2.25. The Morgan fingerprint density at radius 1 is 1.10 bits per heavy atom. The zero-order valence-electron chi connectivity index (χ0n) is 17.6. The van der Waals surface area contributed by atoms with Gasteiger partial charge in [0.1, 0.15) is 5.82 Å². The van der Waals surface area contributed by atoms with E-state index in [2.05, 4.69) is 37.3 Å². The Bertz CT molecular complexity index is 1130. The highest BCUT2D eigenvalue weighted by atomic mass is 32.2. The smallest absolute Gasteiger partial charge is 0.238 e. The Morgan fingerprint density at radius 2 is 1.90 bits per heavy atom. The van der Waals surface area contributed by atoms with Gasteiger partial charge in [-0.3, -0.25) is 9.36 Å². The Hall–Kier alpha value is -2.91. The first kappa shape index (κ1) is 21.3. The number of carbonyl (C=O) groups is 1. The average Bonchev–Trinajstić information content (AvgIpc) is 3.50. The fraction of sp³-hybridized carbons (Fsp3) is 0.273. The van der Waals surface area contributed by atoms with Gasteiger partial charge in [-0.05, 0) is 37.8 Å². The largest absolute Gasteiger partial charge is 0.310 e. The molecule has 0 bridgehead atoms. The molecule has 1 amide bonds. The summed E-state index contributed by atoms with van der Waals surface area (Å²) in [5, 5.41) is 18.5. The third-order valence-corrected chi connectivity index (χ3v) is 6.65. The van der Waals surface area contributed by atoms with Crippen molar-refractivity contribution in [1.82, 2.24) is 24.5 Å². The van der Waals surface area contributed by atoms with Gasteiger partial charge in [-0.1, -0.05) is 48.2 Å². The van der Waals surface area contributed by atoms with E-state index in [9.17, 15) is 4.79 Å². The maximum Gasteiger partial charge on any atom is 0.238 e. The summed E-state index contributed by atoms with van der Waals surface area (Å²) in [6.07, 6.45) is 1.69. The average molecular weight is 453 g/mol. The molecule has 0 fully saturated rings. The van der Waals surface area contributed by atoms with Gasteiger partial charge in [0.05, 0.1) is 22.9 Å². The molecular weight excluding hydrogens is 428 g/mol. The Morgan fingerprint density at radius 3 is 2.61 bits per heavy atom. The fourth-order valence-electron chi connectivity index (χ4n) is 3.14. The molecule has 0 saturated heterocycles. The number of nitrogens with zero attached hydrogens (tertiary/aromatic N) is 5. The molecule has 0 unspecified atom stereocenters. The van der Waals surface area contributed by atoms with Crippen LogP contribution in [0, 0.1) is 0 Å². The summed E-state index contributed by atoms with van der Waals surface area (Å²) in [4.78, 5) is 13.9. The van der Waals surface area contributed by atoms with Crippen LogP contribution >= 0.6 is 23.1 Å². The van der Waals surface area contributed by atoms with Crippen LogP contribution in [0.1, 0.15) is 32.4 Å². The molecule has 0 saturated carbocycles. The number of carbonyl (C=O) groups excluding carboxylic acids is 1. The fourth-order valence-corrected chi connectivity index (χ4v) is 4.70. The molecule has 3 aromatic heterocycles. The van der Waals surface area contributed by atoms with Crippen molar-refractivity contribution in [3.8, 4) is 10.7 Å². The SMILES string of the molecule is CC(C)n1nccc1NC(=O)[C@@H](C)Sc1nnc(-c2cccs2)n1Cc1ccccc1. The second kappa shape index (κ2) is 9.49. The van der Waals surface area contributed by atoms with E-state index in [0.717, 1.165) is 16.3 Å². The van der Waals surface area contributed by atoms with Gasteiger partial charge in [-0.15, -0.1) is 21.5 Å². The summed E-state index contributed by atoms with van der Waals surface area (Å²) in [7, 11) is 0. The van der Waals surface area contributed by atoms with Crippen molar-refractivity contribution in [2.24, 2.45) is 0 Å². The van der Waals surface area contributed by atoms with Crippen LogP contribution < -0.4 is 5.32 Å². The van der Waals surface area contributed by atoms with E-state index in [1.165, 1.54) is 11.8 Å². The van der Waals surface area contributed by atoms with Crippen LogP contribution in [0.5, 0.6) is 0 Å². The molecule has 31 heavy (non-hydrogen) atoms. The minimum absolute atomic E-state index is 0.0978. The van der Waals surface area contributed by atoms with Crippen LogP contribution in [0.25, 0.3) is 10.7 Å². The minimum atomic E-state index is -0.356. The number of rotatable bonds is 8. The molecular formula is C22H24N6OS2. The minimum Gasteiger partial charge on any atom is -0.310 e. The Labute approximate surface area is 189 Å². The molecule has 1 N–H and O–H groups in total. The summed E-state index contributed by atoms with van der Waals surface area (Å²) in [5.41, 5.74) is 1.15. The number of thiophene rings is 1. The van der Waals surface area contributed by atoms with Crippen LogP contribution in [0.4, 0.5) is 5.82 Å². The molecule has 4 aromatic rings. The maximum atomic E-state index is 12.9. The summed E-state index contributed by atoms with van der Waals surface area (Å²) in [6.45, 7) is 6.57. The lowest BCUT2D eigenvalue weighted by Gasteiger charge is -2.15. The number of anilines is 1. The molecule has 0 aliphatic carbocycles. The third-order valence-electron chi connectivity index (χ3n) is 4.70. The van der Waals surface area contributed by atoms with Gasteiger partial charge in [-0.25, -0.2) is 4.68 Å². The number of hydrogen-bond acceptors (Lipinski definition) is 6. The van der Waals surface area contributed by atoms with Gasteiger partial charge in [0.15, 0.2) is 11.0 Å². The highest BCUT2D eigenvalue weighted by molar-refractivity contribution is 8.00. The first-order chi connectivity index (χ1) is 15.0. The maximum absolute atomic E-state index is 12.9. The molecule has 7 nitrogen and oxygen atoms in total. The van der Waals surface area contributed by atoms with Gasteiger partial charge in [0, 0.05) is 12.1 Å². The van der Waals surface area contributed by atoms with Crippen molar-refractivity contribution in [2.75, 3.05) is 5.32 Å². The summed E-state index contributed by atoms with van der Waals surface area (Å²) in [5.74, 6) is 1.41. The van der Waals surface area contributed by atoms with Gasteiger partial charge >= 0.3 is 0 Å². The number of amides is 1. The lowest BCUT2D eigenvalue weighted by atomic mass is 10.2. The van der Waals surface area contributed by atoms with Crippen LogP contribution in [-0.4, -0.2) is 35.7 Å². The van der Waals surface area contributed by atoms with Gasteiger partial charge in [-0.2, -0.15) is 5.10 Å². The molecule has 4 rings (SSSR count). The highest BCUT2D eigenvalue weighted by Crippen LogP contribution is 2.30. The van der Waals surface area contributed by atoms with Crippen molar-refractivity contribution in [2.45, 2.75) is 43.8 Å². The van der Waals surface area contributed by atoms with Crippen LogP contribution in [0.3, 0.4) is 0 Å². The number of thioether (sulfide) groups is 1. The molecule has 3 heterocycles. The zero-order valence-corrected chi connectivity index (χ0v) is 19.2. The normalized spacial score (nSPS) is 12.3. The first-order valence-corrected chi connectivity index (χ1v) is 11.8. The van der Waals surface area contributed by atoms with E-state index in [0.29, 0.717) is 17.5 Å². The zero-order chi connectivity index (χ0) is 21.8. The Balaban J connectivity index is 1.56. The summed E-state index contributed by atoms with van der Waals surface area (Å²) in [6, 6.07) is 16.2. The summed E-state index contributed by atoms with van der Waals surface area (Å²) < 4.78 is 3.87. The van der Waals surface area contributed by atoms with Crippen molar-refractivity contribution in [1.29, 1.82) is 0 Å². The van der Waals surface area contributed by atoms with Crippen LogP contribution in [0.15, 0.2) is 65.3 Å². The van der Waals surface area contributed by atoms with Crippen molar-refractivity contribution in [3.63, 3.8) is 0 Å². The van der Waals surface area contributed by atoms with E-state index in [1.54, 1.807) is 22.2 Å². The van der Waals surface area contributed by atoms with E-state index in [1.807, 2.05) is 62.5 Å². The van der Waals surface area contributed by atoms with Gasteiger partial charge in [0.2, 0.25) is 5.91 Å². The molecule has 1 atom stereocenters. The Kier molecular flexibility index (Phi) is 6.53. The lowest BCUT2D eigenvalue weighted by molar-refractivity contribution is -0.115. The molecule has 1 aromatic carbocycles. The predicted octanol–water partition coefficient (Wildman–Crippen LogP) is 4.95. The van der Waals surface area contributed by atoms with E-state index in [4.69, 9.17) is 0 Å². The molecule has 0 aliphatic rings. The standard InChI is InChI=1S/C22H24N6OS2/c1-15(2)28-19(11-12-23-28)24-21(29)16(3)31-22-26-25-20(18-10-7-13-30-18)27(22)14-17-8-5-4-6-9-17/h4-13,15-16H,14H2,1-3H3,(H,24,29)/t16-/m1/s1. The number of nitrogens with one attached hydrogen (secondary N) is 1. The van der Waals surface area contributed by atoms with Crippen molar-refractivity contribution >= 4 is 34.8 Å². The molecule has 160 valence electrons. The topological polar surface area (TPSA) is 77.6 Å². The second-order valence-electron chi connectivity index (χ2n) is 7.36. The van der Waals surface area contributed by atoms with Crippen molar-refractivity contribution in [3.05, 3.63) is 65.7 Å². The second-order valence-corrected chi connectivity index (χ2v) is 9.61. The number of benzene rings is 1. The summed E-state index contributed by atoms with van der Waals surface area (Å²) >= 11 is 3.03. The quantitative estimate of drug-likeness (QED) is 0.383. The number of hydrogen-bond donors (Lipinski definition) is 1. The predicted molar refractivity (Wildman–Crippen MR) is 125 cm³/mol. The van der Waals surface area contributed by atoms with Crippen molar-refractivity contribution < 1.29 is 4.79 Å². The van der Waals surface area contributed by atoms with E-state index in [-0.39, 0.29) is 17.2 Å². The monoisotopic (exact) mass is 452 g/mol.